The van der Waals surface area contributed by atoms with Gasteiger partial charge in [-0.15, -0.1) is 0 Å². The van der Waals surface area contributed by atoms with Crippen molar-refractivity contribution in [2.45, 2.75) is 20.3 Å². The quantitative estimate of drug-likeness (QED) is 0.610. The number of furan rings is 1. The van der Waals surface area contributed by atoms with Gasteiger partial charge in [0.05, 0.1) is 0 Å². The van der Waals surface area contributed by atoms with Crippen LogP contribution in [0.1, 0.15) is 26.0 Å². The molecule has 0 saturated carbocycles. The third kappa shape index (κ3) is 7.13. The average molecular weight is 344 g/mol. The summed E-state index contributed by atoms with van der Waals surface area (Å²) in [7, 11) is 0. The van der Waals surface area contributed by atoms with Crippen LogP contribution in [0.15, 0.2) is 27.3 Å². The van der Waals surface area contributed by atoms with Gasteiger partial charge in [-0.25, -0.2) is 4.79 Å². The van der Waals surface area contributed by atoms with Crippen LogP contribution >= 0.6 is 15.9 Å². The molecule has 1 N–H and O–H groups in total. The van der Waals surface area contributed by atoms with Gasteiger partial charge in [-0.2, -0.15) is 0 Å². The Labute approximate surface area is 126 Å². The number of carbonyl (C=O) groups excluding carboxylic acids is 2. The Balaban J connectivity index is 2.22. The largest absolute Gasteiger partial charge is 0.452 e. The van der Waals surface area contributed by atoms with Gasteiger partial charge in [0, 0.05) is 12.6 Å². The van der Waals surface area contributed by atoms with Crippen molar-refractivity contribution in [2.24, 2.45) is 5.92 Å². The minimum absolute atomic E-state index is 0.275. The van der Waals surface area contributed by atoms with Crippen LogP contribution in [0.25, 0.3) is 6.08 Å². The predicted molar refractivity (Wildman–Crippen MR) is 78.9 cm³/mol. The van der Waals surface area contributed by atoms with E-state index < -0.39 is 5.97 Å². The van der Waals surface area contributed by atoms with Gasteiger partial charge < -0.3 is 14.5 Å². The summed E-state index contributed by atoms with van der Waals surface area (Å²) in [5, 5.41) is 2.68. The highest BCUT2D eigenvalue weighted by atomic mass is 79.9. The predicted octanol–water partition coefficient (Wildman–Crippen LogP) is 2.76. The fourth-order valence-electron chi connectivity index (χ4n) is 1.30. The minimum Gasteiger partial charge on any atom is -0.452 e. The number of amides is 1. The Morgan fingerprint density at radius 3 is 2.80 bits per heavy atom. The summed E-state index contributed by atoms with van der Waals surface area (Å²) in [4.78, 5) is 22.7. The Morgan fingerprint density at radius 1 is 1.45 bits per heavy atom. The fraction of sp³-hybridized carbons (Fsp3) is 0.429. The second kappa shape index (κ2) is 8.58. The molecule has 1 amide bonds. The van der Waals surface area contributed by atoms with Gasteiger partial charge in [-0.3, -0.25) is 4.79 Å². The highest BCUT2D eigenvalue weighted by Crippen LogP contribution is 2.14. The first-order chi connectivity index (χ1) is 9.47. The van der Waals surface area contributed by atoms with E-state index in [1.54, 1.807) is 12.1 Å². The maximum absolute atomic E-state index is 11.4. The summed E-state index contributed by atoms with van der Waals surface area (Å²) in [6.07, 6.45) is 3.59. The van der Waals surface area contributed by atoms with E-state index in [4.69, 9.17) is 9.15 Å². The van der Waals surface area contributed by atoms with Crippen molar-refractivity contribution >= 4 is 33.9 Å². The summed E-state index contributed by atoms with van der Waals surface area (Å²) < 4.78 is 10.6. The van der Waals surface area contributed by atoms with Gasteiger partial charge in [0.2, 0.25) is 0 Å². The number of rotatable bonds is 7. The number of carbonyl (C=O) groups is 2. The molecule has 6 heteroatoms. The third-order valence-corrected chi connectivity index (χ3v) is 2.79. The molecule has 0 radical (unpaired) electrons. The topological polar surface area (TPSA) is 68.5 Å². The standard InChI is InChI=1S/C14H18BrNO4/c1-10(2)7-8-16-13(17)9-19-14(18)6-4-11-3-5-12(15)20-11/h3-6,10H,7-9H2,1-2H3,(H,16,17)/b6-4+. The Hall–Kier alpha value is -1.56. The van der Waals surface area contributed by atoms with Crippen LogP contribution in [0.3, 0.4) is 0 Å². The zero-order valence-electron chi connectivity index (χ0n) is 11.5. The molecule has 1 aromatic rings. The van der Waals surface area contributed by atoms with Crippen molar-refractivity contribution in [1.29, 1.82) is 0 Å². The van der Waals surface area contributed by atoms with E-state index in [0.29, 0.717) is 22.9 Å². The summed E-state index contributed by atoms with van der Waals surface area (Å²) in [5.74, 6) is 0.160. The molecule has 0 aliphatic rings. The highest BCUT2D eigenvalue weighted by Gasteiger charge is 2.05. The number of ether oxygens (including phenoxy) is 1. The first kappa shape index (κ1) is 16.5. The maximum Gasteiger partial charge on any atom is 0.331 e. The van der Waals surface area contributed by atoms with Crippen molar-refractivity contribution in [3.05, 3.63) is 28.6 Å². The first-order valence-corrected chi connectivity index (χ1v) is 7.13. The van der Waals surface area contributed by atoms with Crippen LogP contribution in [-0.4, -0.2) is 25.0 Å². The number of hydrogen-bond donors (Lipinski definition) is 1. The number of esters is 1. The van der Waals surface area contributed by atoms with E-state index in [0.717, 1.165) is 6.42 Å². The molecule has 0 saturated heterocycles. The molecule has 0 spiro atoms. The van der Waals surface area contributed by atoms with Gasteiger partial charge in [-0.1, -0.05) is 13.8 Å². The molecular weight excluding hydrogens is 326 g/mol. The van der Waals surface area contributed by atoms with E-state index in [-0.39, 0.29) is 12.5 Å². The zero-order chi connectivity index (χ0) is 15.0. The van der Waals surface area contributed by atoms with Gasteiger partial charge >= 0.3 is 5.97 Å². The fourth-order valence-corrected chi connectivity index (χ4v) is 1.62. The molecule has 0 aromatic carbocycles. The normalized spacial score (nSPS) is 11.0. The molecule has 1 aromatic heterocycles. The van der Waals surface area contributed by atoms with E-state index in [1.165, 1.54) is 12.2 Å². The number of nitrogens with one attached hydrogen (secondary N) is 1. The zero-order valence-corrected chi connectivity index (χ0v) is 13.1. The van der Waals surface area contributed by atoms with Crippen molar-refractivity contribution in [1.82, 2.24) is 5.32 Å². The van der Waals surface area contributed by atoms with Gasteiger partial charge in [-0.05, 0) is 46.5 Å². The molecule has 110 valence electrons. The monoisotopic (exact) mass is 343 g/mol. The minimum atomic E-state index is -0.587. The lowest BCUT2D eigenvalue weighted by Gasteiger charge is -2.06. The van der Waals surface area contributed by atoms with Crippen LogP contribution < -0.4 is 5.32 Å². The van der Waals surface area contributed by atoms with Crippen molar-refractivity contribution < 1.29 is 18.7 Å². The first-order valence-electron chi connectivity index (χ1n) is 6.34. The van der Waals surface area contributed by atoms with Crippen molar-refractivity contribution in [3.8, 4) is 0 Å². The van der Waals surface area contributed by atoms with Gasteiger partial charge in [0.25, 0.3) is 5.91 Å². The Morgan fingerprint density at radius 2 is 2.20 bits per heavy atom. The molecule has 1 heterocycles. The number of halogens is 1. The molecule has 0 fully saturated rings. The summed E-state index contributed by atoms with van der Waals surface area (Å²) in [5.41, 5.74) is 0. The second-order valence-electron chi connectivity index (χ2n) is 4.62. The summed E-state index contributed by atoms with van der Waals surface area (Å²) in [6, 6.07) is 3.42. The summed E-state index contributed by atoms with van der Waals surface area (Å²) >= 11 is 3.15. The number of hydrogen-bond acceptors (Lipinski definition) is 4. The van der Waals surface area contributed by atoms with Crippen LogP contribution in [0.5, 0.6) is 0 Å². The molecule has 0 unspecified atom stereocenters. The molecule has 5 nitrogen and oxygen atoms in total. The molecule has 0 atom stereocenters. The molecular formula is C14H18BrNO4. The lowest BCUT2D eigenvalue weighted by molar-refractivity contribution is -0.143. The van der Waals surface area contributed by atoms with E-state index >= 15 is 0 Å². The van der Waals surface area contributed by atoms with Crippen LogP contribution in [0.4, 0.5) is 0 Å². The molecule has 20 heavy (non-hydrogen) atoms. The van der Waals surface area contributed by atoms with Crippen molar-refractivity contribution in [3.63, 3.8) is 0 Å². The Kier molecular flexibility index (Phi) is 7.08. The summed E-state index contributed by atoms with van der Waals surface area (Å²) in [6.45, 7) is 4.46. The Bertz CT molecular complexity index is 479. The van der Waals surface area contributed by atoms with Crippen LogP contribution in [0.2, 0.25) is 0 Å². The van der Waals surface area contributed by atoms with E-state index in [9.17, 15) is 9.59 Å². The van der Waals surface area contributed by atoms with Gasteiger partial charge in [0.1, 0.15) is 5.76 Å². The molecule has 0 aliphatic carbocycles. The third-order valence-electron chi connectivity index (χ3n) is 2.37. The van der Waals surface area contributed by atoms with E-state index in [1.807, 2.05) is 0 Å². The van der Waals surface area contributed by atoms with E-state index in [2.05, 4.69) is 35.1 Å². The average Bonchev–Trinajstić information content (AvgIpc) is 2.79. The maximum atomic E-state index is 11.4. The molecule has 0 aliphatic heterocycles. The lowest BCUT2D eigenvalue weighted by atomic mass is 10.1. The smallest absolute Gasteiger partial charge is 0.331 e. The second-order valence-corrected chi connectivity index (χ2v) is 5.40. The van der Waals surface area contributed by atoms with Crippen molar-refractivity contribution in [2.75, 3.05) is 13.2 Å². The van der Waals surface area contributed by atoms with Crippen LogP contribution in [-0.2, 0) is 14.3 Å². The molecule has 1 rings (SSSR count). The lowest BCUT2D eigenvalue weighted by Crippen LogP contribution is -2.29. The SMILES string of the molecule is CC(C)CCNC(=O)COC(=O)/C=C/c1ccc(Br)o1. The van der Waals surface area contributed by atoms with Gasteiger partial charge in [0.15, 0.2) is 11.3 Å². The highest BCUT2D eigenvalue weighted by molar-refractivity contribution is 9.10. The van der Waals surface area contributed by atoms with Crippen LogP contribution in [0, 0.1) is 5.92 Å². The molecule has 0 bridgehead atoms.